The van der Waals surface area contributed by atoms with Crippen LogP contribution in [-0.4, -0.2) is 22.3 Å². The van der Waals surface area contributed by atoms with E-state index in [-0.39, 0.29) is 25.0 Å². The van der Waals surface area contributed by atoms with Crippen LogP contribution in [0.2, 0.25) is 0 Å². The van der Waals surface area contributed by atoms with Gasteiger partial charge in [-0.25, -0.2) is 9.36 Å². The van der Waals surface area contributed by atoms with Crippen LogP contribution in [0.25, 0.3) is 0 Å². The third-order valence-electron chi connectivity index (χ3n) is 4.47. The van der Waals surface area contributed by atoms with Crippen molar-refractivity contribution in [2.45, 2.75) is 38.7 Å². The molecular weight excluding hydrogens is 391 g/mol. The SMILES string of the molecule is Cc1ccc2c(c1)COP(=O)(OCC1CCC(n3ccc(=S)[nH]c3=O)O1)O2. The lowest BCUT2D eigenvalue weighted by Gasteiger charge is -2.26. The molecule has 0 bridgehead atoms. The number of nitrogens with one attached hydrogen (secondary N) is 1. The zero-order chi connectivity index (χ0) is 19.0. The van der Waals surface area contributed by atoms with Crippen molar-refractivity contribution in [2.75, 3.05) is 6.61 Å². The highest BCUT2D eigenvalue weighted by Crippen LogP contribution is 2.54. The molecule has 1 saturated heterocycles. The quantitative estimate of drug-likeness (QED) is 0.608. The van der Waals surface area contributed by atoms with E-state index < -0.39 is 14.1 Å². The molecule has 0 aliphatic carbocycles. The monoisotopic (exact) mass is 410 g/mol. The van der Waals surface area contributed by atoms with Gasteiger partial charge in [0.2, 0.25) is 0 Å². The number of benzene rings is 1. The zero-order valence-electron chi connectivity index (χ0n) is 14.6. The van der Waals surface area contributed by atoms with Crippen molar-refractivity contribution in [2.24, 2.45) is 0 Å². The molecule has 1 aromatic carbocycles. The molecule has 4 rings (SSSR count). The van der Waals surface area contributed by atoms with E-state index in [1.54, 1.807) is 18.3 Å². The predicted octanol–water partition coefficient (Wildman–Crippen LogP) is 3.63. The number of H-pyrrole nitrogens is 1. The molecule has 10 heteroatoms. The first-order chi connectivity index (χ1) is 12.9. The Balaban J connectivity index is 1.37. The second-order valence-corrected chi connectivity index (χ2v) is 8.56. The molecule has 0 saturated carbocycles. The van der Waals surface area contributed by atoms with Crippen LogP contribution in [0.3, 0.4) is 0 Å². The average molecular weight is 410 g/mol. The number of rotatable bonds is 4. The van der Waals surface area contributed by atoms with Crippen molar-refractivity contribution in [1.29, 1.82) is 0 Å². The van der Waals surface area contributed by atoms with Crippen LogP contribution < -0.4 is 10.2 Å². The van der Waals surface area contributed by atoms with Crippen molar-refractivity contribution in [3.8, 4) is 5.75 Å². The largest absolute Gasteiger partial charge is 0.530 e. The van der Waals surface area contributed by atoms with Gasteiger partial charge in [-0.1, -0.05) is 29.9 Å². The van der Waals surface area contributed by atoms with Crippen LogP contribution in [0.5, 0.6) is 5.75 Å². The van der Waals surface area contributed by atoms with E-state index >= 15 is 0 Å². The summed E-state index contributed by atoms with van der Waals surface area (Å²) in [6.45, 7) is 2.18. The number of aromatic amines is 1. The smallest absolute Gasteiger partial charge is 0.404 e. The molecular formula is C17H19N2O6PS. The van der Waals surface area contributed by atoms with E-state index in [4.69, 9.17) is 30.5 Å². The zero-order valence-corrected chi connectivity index (χ0v) is 16.3. The number of nitrogens with zero attached hydrogens (tertiary/aromatic N) is 1. The van der Waals surface area contributed by atoms with Gasteiger partial charge in [-0.15, -0.1) is 0 Å². The fourth-order valence-corrected chi connectivity index (χ4v) is 4.50. The highest BCUT2D eigenvalue weighted by Gasteiger charge is 2.36. The Morgan fingerprint density at radius 2 is 2.22 bits per heavy atom. The van der Waals surface area contributed by atoms with Gasteiger partial charge in [0.05, 0.1) is 19.3 Å². The van der Waals surface area contributed by atoms with E-state index in [2.05, 4.69) is 4.98 Å². The first-order valence-corrected chi connectivity index (χ1v) is 10.4. The molecule has 8 nitrogen and oxygen atoms in total. The lowest BCUT2D eigenvalue weighted by atomic mass is 10.1. The van der Waals surface area contributed by atoms with E-state index in [0.29, 0.717) is 23.2 Å². The summed E-state index contributed by atoms with van der Waals surface area (Å²) >= 11 is 4.93. The molecule has 3 unspecified atom stereocenters. The fraction of sp³-hybridized carbons (Fsp3) is 0.412. The summed E-state index contributed by atoms with van der Waals surface area (Å²) in [6, 6.07) is 7.19. The lowest BCUT2D eigenvalue weighted by molar-refractivity contribution is -0.0264. The summed E-state index contributed by atoms with van der Waals surface area (Å²) in [7, 11) is -3.69. The summed E-state index contributed by atoms with van der Waals surface area (Å²) in [5.74, 6) is 0.506. The molecule has 0 radical (unpaired) electrons. The van der Waals surface area contributed by atoms with Crippen LogP contribution in [0.4, 0.5) is 0 Å². The van der Waals surface area contributed by atoms with Gasteiger partial charge in [-0.2, -0.15) is 0 Å². The van der Waals surface area contributed by atoms with Gasteiger partial charge in [0.15, 0.2) is 0 Å². The van der Waals surface area contributed by atoms with Gasteiger partial charge < -0.3 is 9.26 Å². The van der Waals surface area contributed by atoms with Gasteiger partial charge in [0.25, 0.3) is 0 Å². The summed E-state index contributed by atoms with van der Waals surface area (Å²) in [5, 5.41) is 0. The second kappa shape index (κ2) is 7.33. The molecule has 2 aliphatic rings. The lowest BCUT2D eigenvalue weighted by Crippen LogP contribution is -2.27. The van der Waals surface area contributed by atoms with Crippen LogP contribution >= 0.6 is 20.0 Å². The third-order valence-corrected chi connectivity index (χ3v) is 6.04. The number of hydrogen-bond acceptors (Lipinski definition) is 7. The first kappa shape index (κ1) is 18.6. The fourth-order valence-electron chi connectivity index (χ4n) is 3.11. The van der Waals surface area contributed by atoms with Gasteiger partial charge in [-0.3, -0.25) is 18.6 Å². The highest BCUT2D eigenvalue weighted by molar-refractivity contribution is 7.71. The normalized spacial score (nSPS) is 27.1. The number of phosphoric ester groups is 1. The Morgan fingerprint density at radius 3 is 3.04 bits per heavy atom. The van der Waals surface area contributed by atoms with Crippen LogP contribution in [0, 0.1) is 11.6 Å². The minimum absolute atomic E-state index is 0.0482. The van der Waals surface area contributed by atoms with E-state index in [0.717, 1.165) is 11.1 Å². The van der Waals surface area contributed by atoms with Gasteiger partial charge in [0.1, 0.15) is 16.6 Å². The number of ether oxygens (including phenoxy) is 1. The number of phosphoric acid groups is 1. The molecule has 2 aliphatic heterocycles. The molecule has 2 aromatic rings. The summed E-state index contributed by atoms with van der Waals surface area (Å²) < 4.78 is 36.6. The number of fused-ring (bicyclic) bond motifs is 1. The number of aromatic nitrogens is 2. The minimum Gasteiger partial charge on any atom is -0.404 e. The first-order valence-electron chi connectivity index (χ1n) is 8.57. The van der Waals surface area contributed by atoms with Gasteiger partial charge in [-0.05, 0) is 31.9 Å². The second-order valence-electron chi connectivity index (χ2n) is 6.53. The molecule has 144 valence electrons. The minimum atomic E-state index is -3.69. The van der Waals surface area contributed by atoms with Crippen LogP contribution in [0.1, 0.15) is 30.2 Å². The molecule has 0 spiro atoms. The highest BCUT2D eigenvalue weighted by atomic mass is 32.1. The van der Waals surface area contributed by atoms with E-state index in [1.807, 2.05) is 19.1 Å². The molecule has 1 fully saturated rings. The van der Waals surface area contributed by atoms with Crippen LogP contribution in [0.15, 0.2) is 35.3 Å². The van der Waals surface area contributed by atoms with Crippen molar-refractivity contribution in [3.05, 3.63) is 56.7 Å². The molecule has 1 aromatic heterocycles. The maximum Gasteiger partial charge on any atom is 0.530 e. The Morgan fingerprint density at radius 1 is 1.37 bits per heavy atom. The topological polar surface area (TPSA) is 91.8 Å². The van der Waals surface area contributed by atoms with E-state index in [1.165, 1.54) is 4.57 Å². The average Bonchev–Trinajstić information content (AvgIpc) is 3.09. The summed E-state index contributed by atoms with van der Waals surface area (Å²) in [5.41, 5.74) is 1.58. The predicted molar refractivity (Wildman–Crippen MR) is 99.2 cm³/mol. The van der Waals surface area contributed by atoms with Crippen LogP contribution in [-0.2, 0) is 25.0 Å². The maximum atomic E-state index is 12.7. The molecule has 27 heavy (non-hydrogen) atoms. The van der Waals surface area contributed by atoms with E-state index in [9.17, 15) is 9.36 Å². The van der Waals surface area contributed by atoms with Crippen molar-refractivity contribution in [3.63, 3.8) is 0 Å². The molecule has 3 heterocycles. The Kier molecular flexibility index (Phi) is 5.05. The van der Waals surface area contributed by atoms with Crippen molar-refractivity contribution < 1.29 is 22.9 Å². The number of aryl methyl sites for hydroxylation is 1. The molecule has 3 atom stereocenters. The van der Waals surface area contributed by atoms with Gasteiger partial charge >= 0.3 is 13.5 Å². The van der Waals surface area contributed by atoms with Gasteiger partial charge in [0, 0.05) is 11.8 Å². The Bertz CT molecular complexity index is 1020. The van der Waals surface area contributed by atoms with Crippen molar-refractivity contribution >= 4 is 20.0 Å². The summed E-state index contributed by atoms with van der Waals surface area (Å²) in [6.07, 6.45) is 2.15. The Labute approximate surface area is 160 Å². The molecule has 0 amide bonds. The Hall–Kier alpha value is -1.77. The summed E-state index contributed by atoms with van der Waals surface area (Å²) in [4.78, 5) is 14.5. The molecule has 1 N–H and O–H groups in total. The number of hydrogen-bond donors (Lipinski definition) is 1. The standard InChI is InChI=1S/C17H19N2O6PS/c1-11-2-4-14-12(8-11)9-22-26(21,25-14)23-10-13-3-5-16(24-13)19-7-6-15(27)18-17(19)20/h2,4,6-8,13,16H,3,5,9-10H2,1H3,(H,18,20,27). The maximum absolute atomic E-state index is 12.7. The van der Waals surface area contributed by atoms with Crippen molar-refractivity contribution in [1.82, 2.24) is 9.55 Å². The third kappa shape index (κ3) is 4.07.